The Morgan fingerprint density at radius 3 is 2.23 bits per heavy atom. The molecular weight excluding hydrogens is 534 g/mol. The third-order valence-corrected chi connectivity index (χ3v) is 11.7. The summed E-state index contributed by atoms with van der Waals surface area (Å²) in [6, 6.07) is 18.2. The summed E-state index contributed by atoms with van der Waals surface area (Å²) >= 11 is 0. The fourth-order valence-corrected chi connectivity index (χ4v) is 8.69. The molecule has 0 aromatic heterocycles. The summed E-state index contributed by atoms with van der Waals surface area (Å²) in [7, 11) is -1.74. The molecule has 9 heteroatoms. The van der Waals surface area contributed by atoms with E-state index in [1.54, 1.807) is 21.0 Å². The summed E-state index contributed by atoms with van der Waals surface area (Å²) < 4.78 is 32.9. The molecule has 3 heterocycles. The van der Waals surface area contributed by atoms with Gasteiger partial charge in [-0.2, -0.15) is 0 Å². The van der Waals surface area contributed by atoms with E-state index in [0.717, 1.165) is 30.8 Å². The standard InChI is InChI=1S/C30H41N3O4S.ClH/c1-22(2)38(35,36)28(27-20-31-19-26(27)24-7-5-4-6-8-24)32-16-13-30(14-17-32)15-18-33(29(30)34)21-23-9-11-25(37-3)12-10-23;/h4-12,22,26-28,31H,13-21H2,1-3H3;1H/t26-,27-,28?;/m1./s1. The molecule has 0 radical (unpaired) electrons. The minimum absolute atomic E-state index is 0. The first-order valence-electron chi connectivity index (χ1n) is 13.9. The fraction of sp³-hybridized carbons (Fsp3) is 0.567. The normalized spacial score (nSPS) is 24.2. The molecule has 2 aromatic rings. The van der Waals surface area contributed by atoms with Gasteiger partial charge in [0.05, 0.1) is 17.8 Å². The van der Waals surface area contributed by atoms with Crippen LogP contribution in [-0.2, 0) is 21.2 Å². The second-order valence-electron chi connectivity index (χ2n) is 11.5. The molecule has 3 atom stereocenters. The molecule has 214 valence electrons. The Hall–Kier alpha value is -2.13. The molecule has 2 aromatic carbocycles. The number of halogens is 1. The summed E-state index contributed by atoms with van der Waals surface area (Å²) in [6.07, 6.45) is 2.27. The summed E-state index contributed by atoms with van der Waals surface area (Å²) in [6.45, 7) is 7.69. The number of piperidine rings is 1. The Bertz CT molecular complexity index is 1210. The molecule has 3 aliphatic rings. The lowest BCUT2D eigenvalue weighted by molar-refractivity contribution is -0.139. The molecule has 39 heavy (non-hydrogen) atoms. The zero-order chi connectivity index (χ0) is 26.9. The molecule has 0 bridgehead atoms. The van der Waals surface area contributed by atoms with Crippen LogP contribution in [0.1, 0.15) is 50.2 Å². The van der Waals surface area contributed by atoms with Gasteiger partial charge in [0.1, 0.15) is 11.1 Å². The van der Waals surface area contributed by atoms with Crippen molar-refractivity contribution in [1.29, 1.82) is 0 Å². The van der Waals surface area contributed by atoms with E-state index in [2.05, 4.69) is 22.3 Å². The number of amides is 1. The van der Waals surface area contributed by atoms with Crippen molar-refractivity contribution in [2.24, 2.45) is 11.3 Å². The number of benzene rings is 2. The number of hydrogen-bond donors (Lipinski definition) is 1. The van der Waals surface area contributed by atoms with Crippen LogP contribution in [0.15, 0.2) is 54.6 Å². The first-order chi connectivity index (χ1) is 18.2. The summed E-state index contributed by atoms with van der Waals surface area (Å²) in [5.41, 5.74) is 1.92. The third kappa shape index (κ3) is 5.85. The van der Waals surface area contributed by atoms with E-state index < -0.39 is 20.5 Å². The van der Waals surface area contributed by atoms with Gasteiger partial charge in [-0.3, -0.25) is 9.69 Å². The average molecular weight is 576 g/mol. The lowest BCUT2D eigenvalue weighted by atomic mass is 9.76. The second kappa shape index (κ2) is 12.2. The van der Waals surface area contributed by atoms with Crippen LogP contribution >= 0.6 is 12.4 Å². The van der Waals surface area contributed by atoms with Crippen molar-refractivity contribution < 1.29 is 17.9 Å². The van der Waals surface area contributed by atoms with Gasteiger partial charge in [-0.15, -0.1) is 12.4 Å². The predicted octanol–water partition coefficient (Wildman–Crippen LogP) is 4.08. The number of rotatable bonds is 8. The Kier molecular flexibility index (Phi) is 9.31. The maximum Gasteiger partial charge on any atom is 0.229 e. The van der Waals surface area contributed by atoms with E-state index in [-0.39, 0.29) is 35.6 Å². The van der Waals surface area contributed by atoms with Crippen LogP contribution in [0.2, 0.25) is 0 Å². The van der Waals surface area contributed by atoms with E-state index in [1.807, 2.05) is 47.4 Å². The van der Waals surface area contributed by atoms with Gasteiger partial charge in [-0.1, -0.05) is 42.5 Å². The van der Waals surface area contributed by atoms with Crippen LogP contribution in [0.5, 0.6) is 5.75 Å². The van der Waals surface area contributed by atoms with Gasteiger partial charge in [0, 0.05) is 51.1 Å². The van der Waals surface area contributed by atoms with Crippen LogP contribution in [-0.4, -0.2) is 74.6 Å². The molecule has 1 N–H and O–H groups in total. The largest absolute Gasteiger partial charge is 0.497 e. The van der Waals surface area contributed by atoms with E-state index in [4.69, 9.17) is 4.74 Å². The zero-order valence-corrected chi connectivity index (χ0v) is 24.8. The number of sulfone groups is 1. The smallest absolute Gasteiger partial charge is 0.229 e. The van der Waals surface area contributed by atoms with E-state index in [0.29, 0.717) is 39.0 Å². The van der Waals surface area contributed by atoms with Gasteiger partial charge in [-0.25, -0.2) is 8.42 Å². The van der Waals surface area contributed by atoms with Gasteiger partial charge in [0.25, 0.3) is 0 Å². The summed E-state index contributed by atoms with van der Waals surface area (Å²) in [5.74, 6) is 1.16. The molecule has 1 spiro atoms. The van der Waals surface area contributed by atoms with Gasteiger partial charge < -0.3 is 15.0 Å². The third-order valence-electron chi connectivity index (χ3n) is 9.10. The monoisotopic (exact) mass is 575 g/mol. The van der Waals surface area contributed by atoms with E-state index in [9.17, 15) is 13.2 Å². The number of hydrogen-bond acceptors (Lipinski definition) is 6. The fourth-order valence-electron chi connectivity index (χ4n) is 6.73. The van der Waals surface area contributed by atoms with Crippen LogP contribution in [0, 0.1) is 11.3 Å². The van der Waals surface area contributed by atoms with Crippen molar-refractivity contribution in [3.63, 3.8) is 0 Å². The lowest BCUT2D eigenvalue weighted by Gasteiger charge is -2.44. The molecule has 3 saturated heterocycles. The van der Waals surface area contributed by atoms with Crippen LogP contribution in [0.25, 0.3) is 0 Å². The molecule has 0 saturated carbocycles. The van der Waals surface area contributed by atoms with Crippen LogP contribution in [0.3, 0.4) is 0 Å². The minimum Gasteiger partial charge on any atom is -0.497 e. The first kappa shape index (κ1) is 29.8. The van der Waals surface area contributed by atoms with Gasteiger partial charge in [0.2, 0.25) is 5.91 Å². The Morgan fingerprint density at radius 2 is 1.62 bits per heavy atom. The highest BCUT2D eigenvalue weighted by Crippen LogP contribution is 2.44. The van der Waals surface area contributed by atoms with Crippen LogP contribution in [0.4, 0.5) is 0 Å². The number of likely N-dealkylation sites (tertiary alicyclic amines) is 2. The highest BCUT2D eigenvalue weighted by molar-refractivity contribution is 7.92. The SMILES string of the molecule is COc1ccc(CN2CCC3(CCN(C([C@@H]4CNC[C@@H]4c4ccccc4)S(=O)(=O)C(C)C)CC3)C2=O)cc1.Cl. The van der Waals surface area contributed by atoms with Crippen molar-refractivity contribution in [1.82, 2.24) is 15.1 Å². The molecule has 1 amide bonds. The van der Waals surface area contributed by atoms with Gasteiger partial charge in [-0.05, 0) is 56.4 Å². The molecule has 0 aliphatic carbocycles. The highest BCUT2D eigenvalue weighted by atomic mass is 35.5. The van der Waals surface area contributed by atoms with Gasteiger partial charge >= 0.3 is 0 Å². The van der Waals surface area contributed by atoms with E-state index in [1.165, 1.54) is 5.56 Å². The number of ether oxygens (including phenoxy) is 1. The summed E-state index contributed by atoms with van der Waals surface area (Å²) in [5, 5.41) is 2.48. The van der Waals surface area contributed by atoms with Crippen molar-refractivity contribution in [2.75, 3.05) is 39.8 Å². The first-order valence-corrected chi connectivity index (χ1v) is 15.5. The Labute approximate surface area is 239 Å². The molecule has 3 aliphatic heterocycles. The number of methoxy groups -OCH3 is 1. The van der Waals surface area contributed by atoms with E-state index >= 15 is 0 Å². The number of nitrogens with one attached hydrogen (secondary N) is 1. The van der Waals surface area contributed by atoms with Crippen molar-refractivity contribution in [2.45, 2.75) is 56.2 Å². The lowest BCUT2D eigenvalue weighted by Crippen LogP contribution is -2.55. The topological polar surface area (TPSA) is 79.0 Å². The zero-order valence-electron chi connectivity index (χ0n) is 23.2. The molecule has 3 fully saturated rings. The molecular formula is C30H42ClN3O4S. The minimum atomic E-state index is -3.39. The highest BCUT2D eigenvalue weighted by Gasteiger charge is 2.52. The average Bonchev–Trinajstić information content (AvgIpc) is 3.52. The van der Waals surface area contributed by atoms with Crippen molar-refractivity contribution in [3.05, 3.63) is 65.7 Å². The quantitative estimate of drug-likeness (QED) is 0.511. The Balaban J connectivity index is 0.00000353. The Morgan fingerprint density at radius 1 is 0.974 bits per heavy atom. The number of carbonyl (C=O) groups excluding carboxylic acids is 1. The number of carbonyl (C=O) groups is 1. The molecule has 1 unspecified atom stereocenters. The predicted molar refractivity (Wildman–Crippen MR) is 157 cm³/mol. The maximum absolute atomic E-state index is 13.8. The molecule has 5 rings (SSSR count). The van der Waals surface area contributed by atoms with Crippen LogP contribution < -0.4 is 10.1 Å². The summed E-state index contributed by atoms with van der Waals surface area (Å²) in [4.78, 5) is 17.8. The maximum atomic E-state index is 13.8. The second-order valence-corrected chi connectivity index (χ2v) is 14.1. The van der Waals surface area contributed by atoms with Gasteiger partial charge in [0.15, 0.2) is 9.84 Å². The number of nitrogens with zero attached hydrogens (tertiary/aromatic N) is 2. The van der Waals surface area contributed by atoms with Crippen molar-refractivity contribution in [3.8, 4) is 5.75 Å². The molecule has 7 nitrogen and oxygen atoms in total. The van der Waals surface area contributed by atoms with Crippen molar-refractivity contribution >= 4 is 28.2 Å².